The Morgan fingerprint density at radius 2 is 1.91 bits per heavy atom. The molecule has 4 atom stereocenters. The minimum atomic E-state index is -5.08. The largest absolute Gasteiger partial charge is 0.490 e. The van der Waals surface area contributed by atoms with Crippen molar-refractivity contribution in [1.82, 2.24) is 15.2 Å². The first-order valence-corrected chi connectivity index (χ1v) is 13.9. The molecule has 10 nitrogen and oxygen atoms in total. The molecule has 2 aliphatic heterocycles. The topological polar surface area (TPSA) is 147 Å². The van der Waals surface area contributed by atoms with Crippen LogP contribution in [0, 0.1) is 11.8 Å². The number of benzene rings is 1. The minimum absolute atomic E-state index is 0.0437. The first-order chi connectivity index (χ1) is 19.9. The summed E-state index contributed by atoms with van der Waals surface area (Å²) in [6, 6.07) is 8.66. The molecule has 0 spiro atoms. The standard InChI is InChI=1S/C27H32ClN5O3.C2HF3O2/c1-26(2)13-22(34)33(25(29)32-26)23(15-6-5-9-30-14-15)18-11-19(18)24(35)31-20-12-27(3,4)36-21-10-16(28)7-8-17(20)21;3-2(4,5)1(6)7/h5-10,14,18-20,23H,11-13H2,1-4H3,(H2,29,32)(H,31,35);(H,6,7)/t18-,19-,20?,23-;/m1./s1. The van der Waals surface area contributed by atoms with Gasteiger partial charge in [0, 0.05) is 35.3 Å². The van der Waals surface area contributed by atoms with E-state index in [2.05, 4.69) is 15.3 Å². The Morgan fingerprint density at radius 1 is 1.23 bits per heavy atom. The number of nitrogens with zero attached hydrogens (tertiary/aromatic N) is 3. The number of guanidine groups is 1. The Kier molecular flexibility index (Phi) is 8.70. The van der Waals surface area contributed by atoms with Crippen molar-refractivity contribution in [2.24, 2.45) is 22.6 Å². The molecule has 0 radical (unpaired) electrons. The lowest BCUT2D eigenvalue weighted by Crippen LogP contribution is -2.52. The maximum Gasteiger partial charge on any atom is 0.490 e. The van der Waals surface area contributed by atoms with E-state index in [4.69, 9.17) is 32.0 Å². The molecule has 14 heteroatoms. The van der Waals surface area contributed by atoms with Crippen molar-refractivity contribution in [2.45, 2.75) is 76.4 Å². The summed E-state index contributed by atoms with van der Waals surface area (Å²) in [5.41, 5.74) is 7.08. The van der Waals surface area contributed by atoms with Gasteiger partial charge in [-0.2, -0.15) is 13.2 Å². The summed E-state index contributed by atoms with van der Waals surface area (Å²) in [5.74, 6) is -2.36. The van der Waals surface area contributed by atoms with Crippen molar-refractivity contribution < 1.29 is 37.4 Å². The molecule has 1 fully saturated rings. The lowest BCUT2D eigenvalue weighted by molar-refractivity contribution is -0.192. The number of carbonyl (C=O) groups is 3. The number of aromatic nitrogens is 1. The number of halogens is 4. The highest BCUT2D eigenvalue weighted by molar-refractivity contribution is 6.30. The third-order valence-corrected chi connectivity index (χ3v) is 7.63. The lowest BCUT2D eigenvalue weighted by Gasteiger charge is -2.38. The van der Waals surface area contributed by atoms with Crippen molar-refractivity contribution in [3.05, 3.63) is 58.9 Å². The summed E-state index contributed by atoms with van der Waals surface area (Å²) >= 11 is 6.19. The second-order valence-corrected chi connectivity index (χ2v) is 12.5. The number of aliphatic carboxylic acids is 1. The van der Waals surface area contributed by atoms with E-state index in [0.717, 1.165) is 11.1 Å². The van der Waals surface area contributed by atoms with Crippen LogP contribution in [0.4, 0.5) is 13.2 Å². The molecule has 0 bridgehead atoms. The fraction of sp³-hybridized carbons (Fsp3) is 0.483. The number of hydrogen-bond donors (Lipinski definition) is 3. The Labute approximate surface area is 251 Å². The molecular weight excluding hydrogens is 591 g/mol. The predicted molar refractivity (Wildman–Crippen MR) is 151 cm³/mol. The zero-order valence-corrected chi connectivity index (χ0v) is 24.7. The van der Waals surface area contributed by atoms with Crippen LogP contribution < -0.4 is 15.8 Å². The van der Waals surface area contributed by atoms with Gasteiger partial charge >= 0.3 is 12.1 Å². The number of nitrogens with one attached hydrogen (secondary N) is 1. The van der Waals surface area contributed by atoms with E-state index >= 15 is 0 Å². The van der Waals surface area contributed by atoms with Crippen LogP contribution in [-0.4, -0.2) is 56.0 Å². The number of carboxylic acid groups (broad SMARTS) is 1. The fourth-order valence-corrected chi connectivity index (χ4v) is 5.68. The molecule has 2 aromatic rings. The predicted octanol–water partition coefficient (Wildman–Crippen LogP) is 4.79. The molecule has 5 rings (SSSR count). The molecule has 1 unspecified atom stereocenters. The van der Waals surface area contributed by atoms with Gasteiger partial charge in [-0.3, -0.25) is 19.5 Å². The van der Waals surface area contributed by atoms with Crippen LogP contribution in [0.2, 0.25) is 5.02 Å². The number of alkyl halides is 3. The van der Waals surface area contributed by atoms with E-state index in [1.54, 1.807) is 23.4 Å². The van der Waals surface area contributed by atoms with E-state index in [9.17, 15) is 22.8 Å². The molecule has 232 valence electrons. The molecule has 1 aromatic heterocycles. The zero-order valence-electron chi connectivity index (χ0n) is 24.0. The minimum Gasteiger partial charge on any atom is -0.487 e. The molecule has 1 aliphatic carbocycles. The average Bonchev–Trinajstić information content (AvgIpc) is 3.65. The van der Waals surface area contributed by atoms with Gasteiger partial charge in [0.25, 0.3) is 0 Å². The number of nitrogens with two attached hydrogens (primary N) is 1. The van der Waals surface area contributed by atoms with Crippen LogP contribution >= 0.6 is 11.6 Å². The number of aliphatic imine (C=N–C) groups is 1. The molecular formula is C29H33ClF3N5O5. The number of fused-ring (bicyclic) bond motifs is 1. The third-order valence-electron chi connectivity index (χ3n) is 7.39. The summed E-state index contributed by atoms with van der Waals surface area (Å²) in [6.07, 6.45) is -0.126. The van der Waals surface area contributed by atoms with E-state index in [1.165, 1.54) is 0 Å². The normalized spacial score (nSPS) is 24.3. The average molecular weight is 624 g/mol. The monoisotopic (exact) mass is 623 g/mol. The van der Waals surface area contributed by atoms with Crippen molar-refractivity contribution >= 4 is 35.3 Å². The molecule has 0 saturated heterocycles. The van der Waals surface area contributed by atoms with Gasteiger partial charge in [-0.25, -0.2) is 9.79 Å². The summed E-state index contributed by atoms with van der Waals surface area (Å²) in [6.45, 7) is 7.78. The number of carboxylic acids is 1. The summed E-state index contributed by atoms with van der Waals surface area (Å²) in [5, 5.41) is 11.0. The van der Waals surface area contributed by atoms with E-state index in [-0.39, 0.29) is 42.1 Å². The molecule has 3 heterocycles. The fourth-order valence-electron chi connectivity index (χ4n) is 5.52. The first kappa shape index (κ1) is 32.1. The van der Waals surface area contributed by atoms with E-state index in [1.807, 2.05) is 52.0 Å². The van der Waals surface area contributed by atoms with Crippen LogP contribution in [0.25, 0.3) is 0 Å². The number of amides is 2. The van der Waals surface area contributed by atoms with Crippen LogP contribution in [0.15, 0.2) is 47.7 Å². The Morgan fingerprint density at radius 3 is 2.49 bits per heavy atom. The summed E-state index contributed by atoms with van der Waals surface area (Å²) in [7, 11) is 0. The second-order valence-electron chi connectivity index (χ2n) is 12.1. The molecule has 1 saturated carbocycles. The lowest BCUT2D eigenvalue weighted by atomic mass is 9.89. The van der Waals surface area contributed by atoms with Gasteiger partial charge in [-0.05, 0) is 63.8 Å². The number of hydrogen-bond acceptors (Lipinski definition) is 7. The third kappa shape index (κ3) is 7.56. The maximum absolute atomic E-state index is 13.5. The van der Waals surface area contributed by atoms with Gasteiger partial charge in [0.15, 0.2) is 5.96 Å². The molecule has 4 N–H and O–H groups in total. The molecule has 43 heavy (non-hydrogen) atoms. The van der Waals surface area contributed by atoms with Crippen LogP contribution in [0.5, 0.6) is 5.75 Å². The highest BCUT2D eigenvalue weighted by Gasteiger charge is 2.53. The zero-order chi connectivity index (χ0) is 31.9. The second kappa shape index (κ2) is 11.7. The van der Waals surface area contributed by atoms with Crippen molar-refractivity contribution in [2.75, 3.05) is 0 Å². The van der Waals surface area contributed by atoms with Gasteiger partial charge in [-0.1, -0.05) is 23.7 Å². The van der Waals surface area contributed by atoms with Gasteiger partial charge < -0.3 is 20.9 Å². The Bertz CT molecular complexity index is 1430. The molecule has 2 amide bonds. The number of ether oxygens (including phenoxy) is 1. The number of rotatable bonds is 5. The number of pyridine rings is 1. The summed E-state index contributed by atoms with van der Waals surface area (Å²) in [4.78, 5) is 46.0. The summed E-state index contributed by atoms with van der Waals surface area (Å²) < 4.78 is 37.8. The Hall–Kier alpha value is -3.87. The highest BCUT2D eigenvalue weighted by Crippen LogP contribution is 2.51. The highest BCUT2D eigenvalue weighted by atomic mass is 35.5. The van der Waals surface area contributed by atoms with Crippen molar-refractivity contribution in [3.8, 4) is 5.75 Å². The van der Waals surface area contributed by atoms with Gasteiger partial charge in [0.05, 0.1) is 24.0 Å². The van der Waals surface area contributed by atoms with Crippen LogP contribution in [0.1, 0.15) is 70.2 Å². The molecule has 3 aliphatic rings. The molecule has 1 aromatic carbocycles. The van der Waals surface area contributed by atoms with E-state index in [0.29, 0.717) is 23.6 Å². The SMILES string of the molecule is CC1(C)CC(=O)N([C@H](c2cccnc2)[C@@H]2C[C@H]2C(=O)NC2CC(C)(C)Oc3cc(Cl)ccc32)C(N)=N1.O=C(O)C(F)(F)F. The van der Waals surface area contributed by atoms with Crippen LogP contribution in [-0.2, 0) is 14.4 Å². The quantitative estimate of drug-likeness (QED) is 0.434. The Balaban J connectivity index is 0.000000541. The van der Waals surface area contributed by atoms with Gasteiger partial charge in [-0.15, -0.1) is 0 Å². The van der Waals surface area contributed by atoms with E-state index < -0.39 is 29.3 Å². The van der Waals surface area contributed by atoms with Crippen molar-refractivity contribution in [1.29, 1.82) is 0 Å². The van der Waals surface area contributed by atoms with Gasteiger partial charge in [0.1, 0.15) is 11.4 Å². The maximum atomic E-state index is 13.5. The van der Waals surface area contributed by atoms with Gasteiger partial charge in [0.2, 0.25) is 11.8 Å². The first-order valence-electron chi connectivity index (χ1n) is 13.5. The van der Waals surface area contributed by atoms with Crippen molar-refractivity contribution in [3.63, 3.8) is 0 Å². The van der Waals surface area contributed by atoms with Crippen LogP contribution in [0.3, 0.4) is 0 Å². The smallest absolute Gasteiger partial charge is 0.487 e. The number of carbonyl (C=O) groups excluding carboxylic acids is 2.